The van der Waals surface area contributed by atoms with Crippen molar-refractivity contribution in [2.24, 2.45) is 0 Å². The van der Waals surface area contributed by atoms with Gasteiger partial charge in [0.15, 0.2) is 0 Å². The fourth-order valence-corrected chi connectivity index (χ4v) is 1.26. The molecule has 0 aromatic heterocycles. The average molecular weight is 222 g/mol. The van der Waals surface area contributed by atoms with E-state index in [2.05, 4.69) is 5.32 Å². The number of hydrogen-bond acceptors (Lipinski definition) is 3. The Morgan fingerprint density at radius 2 is 1.94 bits per heavy atom. The van der Waals surface area contributed by atoms with Crippen LogP contribution in [0.5, 0.6) is 0 Å². The average Bonchev–Trinajstić information content (AvgIpc) is 2.28. The van der Waals surface area contributed by atoms with Gasteiger partial charge >= 0.3 is 0 Å². The summed E-state index contributed by atoms with van der Waals surface area (Å²) in [6.07, 6.45) is 0. The highest BCUT2D eigenvalue weighted by Gasteiger charge is 2.08. The molecule has 88 valence electrons. The van der Waals surface area contributed by atoms with E-state index < -0.39 is 0 Å². The van der Waals surface area contributed by atoms with Gasteiger partial charge in [0.05, 0.1) is 6.61 Å². The van der Waals surface area contributed by atoms with E-state index in [-0.39, 0.29) is 18.6 Å². The number of aliphatic hydroxyl groups excluding tert-OH is 1. The lowest BCUT2D eigenvalue weighted by Gasteiger charge is -2.14. The van der Waals surface area contributed by atoms with Crippen LogP contribution >= 0.6 is 0 Å². The summed E-state index contributed by atoms with van der Waals surface area (Å²) in [6, 6.07) is 7.10. The van der Waals surface area contributed by atoms with Crippen LogP contribution in [-0.4, -0.2) is 37.8 Å². The van der Waals surface area contributed by atoms with Crippen LogP contribution in [0.25, 0.3) is 0 Å². The van der Waals surface area contributed by atoms with Gasteiger partial charge in [-0.15, -0.1) is 0 Å². The van der Waals surface area contributed by atoms with Crippen molar-refractivity contribution in [2.45, 2.75) is 13.0 Å². The predicted molar refractivity (Wildman–Crippen MR) is 64.8 cm³/mol. The Kier molecular flexibility index (Phi) is 4.31. The maximum absolute atomic E-state index is 11.7. The van der Waals surface area contributed by atoms with E-state index in [1.54, 1.807) is 19.1 Å². The summed E-state index contributed by atoms with van der Waals surface area (Å²) >= 11 is 0. The maximum atomic E-state index is 11.7. The van der Waals surface area contributed by atoms with Crippen LogP contribution in [0.3, 0.4) is 0 Å². The van der Waals surface area contributed by atoms with Crippen LogP contribution in [0.1, 0.15) is 17.3 Å². The minimum Gasteiger partial charge on any atom is -0.394 e. The molecule has 16 heavy (non-hydrogen) atoms. The van der Waals surface area contributed by atoms with Gasteiger partial charge in [-0.1, -0.05) is 0 Å². The molecule has 1 atom stereocenters. The minimum atomic E-state index is -0.221. The van der Waals surface area contributed by atoms with Crippen LogP contribution in [0.15, 0.2) is 24.3 Å². The second kappa shape index (κ2) is 5.51. The molecule has 1 aromatic rings. The van der Waals surface area contributed by atoms with Crippen LogP contribution in [0.2, 0.25) is 0 Å². The fourth-order valence-electron chi connectivity index (χ4n) is 1.26. The number of benzene rings is 1. The summed E-state index contributed by atoms with van der Waals surface area (Å²) in [5.74, 6) is -0.160. The third kappa shape index (κ3) is 3.24. The molecule has 0 heterocycles. The highest BCUT2D eigenvalue weighted by atomic mass is 16.3. The van der Waals surface area contributed by atoms with E-state index in [9.17, 15) is 4.79 Å². The molecule has 0 fully saturated rings. The van der Waals surface area contributed by atoms with Gasteiger partial charge in [0.25, 0.3) is 5.91 Å². The second-order valence-corrected chi connectivity index (χ2v) is 4.00. The van der Waals surface area contributed by atoms with Gasteiger partial charge in [-0.3, -0.25) is 4.79 Å². The summed E-state index contributed by atoms with van der Waals surface area (Å²) in [5, 5.41) is 11.5. The van der Waals surface area contributed by atoms with E-state index in [0.717, 1.165) is 5.69 Å². The third-order valence-electron chi connectivity index (χ3n) is 2.30. The van der Waals surface area contributed by atoms with Crippen molar-refractivity contribution in [3.05, 3.63) is 29.8 Å². The van der Waals surface area contributed by atoms with Crippen molar-refractivity contribution >= 4 is 11.6 Å². The van der Waals surface area contributed by atoms with Gasteiger partial charge in [0, 0.05) is 31.4 Å². The summed E-state index contributed by atoms with van der Waals surface area (Å²) in [5.41, 5.74) is 1.65. The number of rotatable bonds is 4. The smallest absolute Gasteiger partial charge is 0.251 e. The first-order valence-electron chi connectivity index (χ1n) is 5.23. The molecule has 0 saturated heterocycles. The molecular weight excluding hydrogens is 204 g/mol. The molecule has 1 aromatic carbocycles. The van der Waals surface area contributed by atoms with Crippen LogP contribution in [0, 0.1) is 0 Å². The fraction of sp³-hybridized carbons (Fsp3) is 0.417. The van der Waals surface area contributed by atoms with Crippen molar-refractivity contribution in [3.63, 3.8) is 0 Å². The Bertz CT molecular complexity index is 347. The quantitative estimate of drug-likeness (QED) is 0.794. The number of carbonyl (C=O) groups is 1. The Balaban J connectivity index is 2.70. The highest BCUT2D eigenvalue weighted by molar-refractivity contribution is 5.94. The largest absolute Gasteiger partial charge is 0.394 e. The standard InChI is InChI=1S/C12H18N2O2/c1-9(8-15)13-12(16)10-4-6-11(7-5-10)14(2)3/h4-7,9,15H,8H2,1-3H3,(H,13,16). The van der Waals surface area contributed by atoms with Crippen molar-refractivity contribution in [3.8, 4) is 0 Å². The zero-order valence-corrected chi connectivity index (χ0v) is 9.90. The molecule has 4 nitrogen and oxygen atoms in total. The first kappa shape index (κ1) is 12.5. The zero-order valence-electron chi connectivity index (χ0n) is 9.90. The number of carbonyl (C=O) groups excluding carboxylic acids is 1. The molecule has 0 saturated carbocycles. The number of nitrogens with zero attached hydrogens (tertiary/aromatic N) is 1. The highest BCUT2D eigenvalue weighted by Crippen LogP contribution is 2.12. The molecule has 1 unspecified atom stereocenters. The second-order valence-electron chi connectivity index (χ2n) is 4.00. The predicted octanol–water partition coefficient (Wildman–Crippen LogP) is 0.863. The van der Waals surface area contributed by atoms with Gasteiger partial charge in [-0.05, 0) is 31.2 Å². The monoisotopic (exact) mass is 222 g/mol. The topological polar surface area (TPSA) is 52.6 Å². The van der Waals surface area contributed by atoms with Crippen molar-refractivity contribution in [1.29, 1.82) is 0 Å². The Morgan fingerprint density at radius 1 is 1.38 bits per heavy atom. The molecule has 0 spiro atoms. The molecule has 1 amide bonds. The summed E-state index contributed by atoms with van der Waals surface area (Å²) in [4.78, 5) is 13.6. The molecule has 0 aliphatic carbocycles. The van der Waals surface area contributed by atoms with E-state index in [1.165, 1.54) is 0 Å². The van der Waals surface area contributed by atoms with Crippen LogP contribution < -0.4 is 10.2 Å². The van der Waals surface area contributed by atoms with Crippen LogP contribution in [-0.2, 0) is 0 Å². The molecule has 0 radical (unpaired) electrons. The van der Waals surface area contributed by atoms with Crippen molar-refractivity contribution in [2.75, 3.05) is 25.6 Å². The lowest BCUT2D eigenvalue weighted by atomic mass is 10.2. The van der Waals surface area contributed by atoms with E-state index in [1.807, 2.05) is 31.1 Å². The molecular formula is C12H18N2O2. The molecule has 0 aliphatic rings. The summed E-state index contributed by atoms with van der Waals surface area (Å²) in [6.45, 7) is 1.70. The Hall–Kier alpha value is -1.55. The SMILES string of the molecule is CC(CO)NC(=O)c1ccc(N(C)C)cc1. The zero-order chi connectivity index (χ0) is 12.1. The number of amides is 1. The van der Waals surface area contributed by atoms with Gasteiger partial charge in [0.2, 0.25) is 0 Å². The van der Waals surface area contributed by atoms with Crippen LogP contribution in [0.4, 0.5) is 5.69 Å². The van der Waals surface area contributed by atoms with Gasteiger partial charge in [-0.2, -0.15) is 0 Å². The Morgan fingerprint density at radius 3 is 2.38 bits per heavy atom. The molecule has 0 bridgehead atoms. The first-order chi connectivity index (χ1) is 7.54. The van der Waals surface area contributed by atoms with E-state index >= 15 is 0 Å². The summed E-state index contributed by atoms with van der Waals surface area (Å²) < 4.78 is 0. The number of aliphatic hydroxyl groups is 1. The third-order valence-corrected chi connectivity index (χ3v) is 2.30. The summed E-state index contributed by atoms with van der Waals surface area (Å²) in [7, 11) is 3.89. The normalized spacial score (nSPS) is 12.0. The Labute approximate surface area is 95.9 Å². The number of nitrogens with one attached hydrogen (secondary N) is 1. The van der Waals surface area contributed by atoms with Crippen molar-refractivity contribution < 1.29 is 9.90 Å². The molecule has 2 N–H and O–H groups in total. The molecule has 1 rings (SSSR count). The van der Waals surface area contributed by atoms with Gasteiger partial charge < -0.3 is 15.3 Å². The molecule has 4 heteroatoms. The molecule has 0 aliphatic heterocycles. The van der Waals surface area contributed by atoms with Gasteiger partial charge in [0.1, 0.15) is 0 Å². The van der Waals surface area contributed by atoms with Crippen molar-refractivity contribution in [1.82, 2.24) is 5.32 Å². The number of anilines is 1. The first-order valence-corrected chi connectivity index (χ1v) is 5.23. The van der Waals surface area contributed by atoms with E-state index in [0.29, 0.717) is 5.56 Å². The maximum Gasteiger partial charge on any atom is 0.251 e. The van der Waals surface area contributed by atoms with Gasteiger partial charge in [-0.25, -0.2) is 0 Å². The van der Waals surface area contributed by atoms with E-state index in [4.69, 9.17) is 5.11 Å². The minimum absolute atomic E-state index is 0.0540. The lowest BCUT2D eigenvalue weighted by Crippen LogP contribution is -2.34. The number of hydrogen-bond donors (Lipinski definition) is 2. The lowest BCUT2D eigenvalue weighted by molar-refractivity contribution is 0.0922.